The highest BCUT2D eigenvalue weighted by molar-refractivity contribution is 7.92. The van der Waals surface area contributed by atoms with Crippen molar-refractivity contribution in [3.8, 4) is 0 Å². The first kappa shape index (κ1) is 13.3. The van der Waals surface area contributed by atoms with Crippen LogP contribution in [0.25, 0.3) is 0 Å². The third-order valence-corrected chi connectivity index (χ3v) is 3.39. The van der Waals surface area contributed by atoms with Crippen molar-refractivity contribution in [3.05, 3.63) is 11.8 Å². The summed E-state index contributed by atoms with van der Waals surface area (Å²) in [6, 6.07) is 0. The number of unbranched alkanes of at least 4 members (excludes halogenated alkanes) is 1. The molecule has 1 aromatic rings. The summed E-state index contributed by atoms with van der Waals surface area (Å²) in [5.74, 6) is -0.110. The van der Waals surface area contributed by atoms with Crippen molar-refractivity contribution >= 4 is 21.7 Å². The van der Waals surface area contributed by atoms with Crippen molar-refractivity contribution in [1.29, 1.82) is 0 Å². The average Bonchev–Trinajstić information content (AvgIpc) is 2.72. The van der Waals surface area contributed by atoms with Gasteiger partial charge in [0.05, 0.1) is 17.5 Å². The van der Waals surface area contributed by atoms with Gasteiger partial charge < -0.3 is 10.9 Å². The number of nitrogens with two attached hydrogens (primary N) is 1. The smallest absolute Gasteiger partial charge is 0.233 e. The number of rotatable bonds is 6. The molecule has 0 fully saturated rings. The van der Waals surface area contributed by atoms with Gasteiger partial charge in [-0.05, 0) is 6.42 Å². The lowest BCUT2D eigenvalue weighted by atomic mass is 10.3. The molecule has 0 radical (unpaired) electrons. The van der Waals surface area contributed by atoms with Gasteiger partial charge in [0.25, 0.3) is 0 Å². The fraction of sp³-hybridized carbons (Fsp3) is 0.500. The first-order chi connectivity index (χ1) is 8.00. The normalized spacial score (nSPS) is 12.6. The zero-order valence-electron chi connectivity index (χ0n) is 9.34. The van der Waals surface area contributed by atoms with Crippen LogP contribution in [0.3, 0.4) is 0 Å². The van der Waals surface area contributed by atoms with E-state index >= 15 is 0 Å². The molecule has 0 unspecified atom stereocenters. The third kappa shape index (κ3) is 3.63. The van der Waals surface area contributed by atoms with Crippen LogP contribution in [0.15, 0.2) is 11.4 Å². The second-order valence-corrected chi connectivity index (χ2v) is 5.26. The minimum Gasteiger partial charge on any atom is -0.409 e. The van der Waals surface area contributed by atoms with Crippen LogP contribution in [0, 0.1) is 0 Å². The molecule has 0 bridgehead atoms. The van der Waals surface area contributed by atoms with Crippen LogP contribution >= 0.6 is 0 Å². The maximum Gasteiger partial charge on any atom is 0.233 e. The summed E-state index contributed by atoms with van der Waals surface area (Å²) in [4.78, 5) is 0. The number of nitrogens with zero attached hydrogens (tertiary/aromatic N) is 2. The van der Waals surface area contributed by atoms with E-state index in [0.29, 0.717) is 6.42 Å². The second-order valence-electron chi connectivity index (χ2n) is 3.42. The Kier molecular flexibility index (Phi) is 4.32. The number of hydrogen-bond donors (Lipinski definition) is 4. The van der Waals surface area contributed by atoms with E-state index in [9.17, 15) is 8.42 Å². The van der Waals surface area contributed by atoms with Gasteiger partial charge >= 0.3 is 0 Å². The molecule has 0 aromatic carbocycles. The van der Waals surface area contributed by atoms with Crippen molar-refractivity contribution in [1.82, 2.24) is 10.2 Å². The molecule has 8 nitrogen and oxygen atoms in total. The summed E-state index contributed by atoms with van der Waals surface area (Å²) in [5, 5.41) is 17.4. The molecule has 1 aromatic heterocycles. The average molecular weight is 261 g/mol. The molecule has 0 aliphatic heterocycles. The second kappa shape index (κ2) is 5.53. The fourth-order valence-corrected chi connectivity index (χ4v) is 2.39. The van der Waals surface area contributed by atoms with Gasteiger partial charge in [0.2, 0.25) is 10.0 Å². The molecule has 0 aliphatic rings. The number of aromatic nitrogens is 2. The van der Waals surface area contributed by atoms with Gasteiger partial charge in [-0.15, -0.1) is 0 Å². The van der Waals surface area contributed by atoms with E-state index in [0.717, 1.165) is 6.42 Å². The van der Waals surface area contributed by atoms with Crippen molar-refractivity contribution in [2.24, 2.45) is 10.9 Å². The topological polar surface area (TPSA) is 133 Å². The number of hydrogen-bond acceptors (Lipinski definition) is 5. The van der Waals surface area contributed by atoms with E-state index in [4.69, 9.17) is 10.9 Å². The number of anilines is 1. The van der Waals surface area contributed by atoms with E-state index in [-0.39, 0.29) is 23.0 Å². The van der Waals surface area contributed by atoms with E-state index in [1.807, 2.05) is 6.92 Å². The SMILES string of the molecule is CCCCS(=O)(=O)Nc1[nH]ncc1/C(N)=N/O. The highest BCUT2D eigenvalue weighted by Gasteiger charge is 2.16. The van der Waals surface area contributed by atoms with Crippen LogP contribution in [0.2, 0.25) is 0 Å². The van der Waals surface area contributed by atoms with Crippen molar-refractivity contribution in [3.63, 3.8) is 0 Å². The molecule has 1 heterocycles. The number of nitrogens with one attached hydrogen (secondary N) is 2. The molecule has 17 heavy (non-hydrogen) atoms. The van der Waals surface area contributed by atoms with Crippen LogP contribution < -0.4 is 10.5 Å². The molecule has 96 valence electrons. The summed E-state index contributed by atoms with van der Waals surface area (Å²) in [6.45, 7) is 1.90. The molecule has 0 spiro atoms. The van der Waals surface area contributed by atoms with Gasteiger partial charge in [-0.3, -0.25) is 9.82 Å². The predicted molar refractivity (Wildman–Crippen MR) is 63.4 cm³/mol. The molecular formula is C8H15N5O3S. The molecule has 0 aliphatic carbocycles. The van der Waals surface area contributed by atoms with Gasteiger partial charge in [-0.25, -0.2) is 8.42 Å². The van der Waals surface area contributed by atoms with E-state index in [1.54, 1.807) is 0 Å². The Balaban J connectivity index is 2.86. The highest BCUT2D eigenvalue weighted by Crippen LogP contribution is 2.12. The Morgan fingerprint density at radius 3 is 3.00 bits per heavy atom. The monoisotopic (exact) mass is 261 g/mol. The zero-order valence-corrected chi connectivity index (χ0v) is 10.2. The van der Waals surface area contributed by atoms with Crippen LogP contribution in [0.1, 0.15) is 25.3 Å². The minimum atomic E-state index is -3.44. The summed E-state index contributed by atoms with van der Waals surface area (Å²) >= 11 is 0. The van der Waals surface area contributed by atoms with Crippen LogP contribution in [-0.4, -0.2) is 35.4 Å². The van der Waals surface area contributed by atoms with Crippen LogP contribution in [-0.2, 0) is 10.0 Å². The quantitative estimate of drug-likeness (QED) is 0.248. The van der Waals surface area contributed by atoms with Crippen molar-refractivity contribution in [2.75, 3.05) is 10.5 Å². The van der Waals surface area contributed by atoms with E-state index in [2.05, 4.69) is 20.1 Å². The molecule has 0 saturated heterocycles. The van der Waals surface area contributed by atoms with Crippen LogP contribution in [0.5, 0.6) is 0 Å². The highest BCUT2D eigenvalue weighted by atomic mass is 32.2. The molecular weight excluding hydrogens is 246 g/mol. The molecule has 0 saturated carbocycles. The van der Waals surface area contributed by atoms with Crippen LogP contribution in [0.4, 0.5) is 5.82 Å². The Hall–Kier alpha value is -1.77. The largest absolute Gasteiger partial charge is 0.409 e. The lowest BCUT2D eigenvalue weighted by Gasteiger charge is -2.06. The summed E-state index contributed by atoms with van der Waals surface area (Å²) in [6.07, 6.45) is 2.60. The lowest BCUT2D eigenvalue weighted by molar-refractivity contribution is 0.318. The Bertz CT molecular complexity index is 493. The number of sulfonamides is 1. The molecule has 0 amide bonds. The number of oxime groups is 1. The van der Waals surface area contributed by atoms with E-state index < -0.39 is 10.0 Å². The molecule has 1 rings (SSSR count). The Morgan fingerprint density at radius 2 is 2.41 bits per heavy atom. The fourth-order valence-electron chi connectivity index (χ4n) is 1.15. The predicted octanol–water partition coefficient (Wildman–Crippen LogP) is 0.0460. The number of amidine groups is 1. The maximum atomic E-state index is 11.6. The summed E-state index contributed by atoms with van der Waals surface area (Å²) in [5.41, 5.74) is 5.57. The Morgan fingerprint density at radius 1 is 1.71 bits per heavy atom. The first-order valence-corrected chi connectivity index (χ1v) is 6.67. The van der Waals surface area contributed by atoms with Gasteiger partial charge in [0.15, 0.2) is 5.84 Å². The maximum absolute atomic E-state index is 11.6. The molecule has 0 atom stereocenters. The van der Waals surface area contributed by atoms with E-state index in [1.165, 1.54) is 6.20 Å². The first-order valence-electron chi connectivity index (χ1n) is 5.02. The minimum absolute atomic E-state index is 0.0120. The molecule has 9 heteroatoms. The van der Waals surface area contributed by atoms with Gasteiger partial charge in [-0.2, -0.15) is 5.10 Å². The third-order valence-electron chi connectivity index (χ3n) is 2.05. The number of H-pyrrole nitrogens is 1. The Labute approximate surface area is 98.9 Å². The van der Waals surface area contributed by atoms with Crippen molar-refractivity contribution < 1.29 is 13.6 Å². The van der Waals surface area contributed by atoms with Gasteiger partial charge in [0.1, 0.15) is 5.82 Å². The van der Waals surface area contributed by atoms with Crippen molar-refractivity contribution in [2.45, 2.75) is 19.8 Å². The van der Waals surface area contributed by atoms with Gasteiger partial charge in [0, 0.05) is 0 Å². The summed E-state index contributed by atoms with van der Waals surface area (Å²) < 4.78 is 25.5. The standard InChI is InChI=1S/C8H15N5O3S/c1-2-3-4-17(15,16)13-8-6(5-10-11-8)7(9)12-14/h5,14H,2-4H2,1H3,(H2,9,12)(H2,10,11,13). The number of aromatic amines is 1. The zero-order chi connectivity index (χ0) is 12.9. The van der Waals surface area contributed by atoms with Gasteiger partial charge in [-0.1, -0.05) is 18.5 Å². The lowest BCUT2D eigenvalue weighted by Crippen LogP contribution is -2.20. The molecule has 5 N–H and O–H groups in total. The summed E-state index contributed by atoms with van der Waals surface area (Å²) in [7, 11) is -3.44.